The summed E-state index contributed by atoms with van der Waals surface area (Å²) in [6.07, 6.45) is 3.74. The van der Waals surface area contributed by atoms with Crippen molar-refractivity contribution in [3.05, 3.63) is 138 Å². The summed E-state index contributed by atoms with van der Waals surface area (Å²) in [6.45, 7) is 4.75. The minimum absolute atomic E-state index is 0.0291. The molecule has 0 N–H and O–H groups in total. The molecule has 0 unspecified atom stereocenters. The van der Waals surface area contributed by atoms with Crippen LogP contribution in [-0.2, 0) is 18.3 Å². The molecule has 5 aromatic carbocycles. The Hall–Kier alpha value is -4.50. The lowest BCUT2D eigenvalue weighted by Crippen LogP contribution is -2.64. The maximum Gasteiger partial charge on any atom is 0.247 e. The summed E-state index contributed by atoms with van der Waals surface area (Å²) in [6, 6.07) is 32.7. The number of hydrogen-bond donors (Lipinski definition) is 0. The van der Waals surface area contributed by atoms with Crippen molar-refractivity contribution in [2.45, 2.75) is 44.9 Å². The zero-order valence-corrected chi connectivity index (χ0v) is 24.0. The molecule has 42 heavy (non-hydrogen) atoms. The highest BCUT2D eigenvalue weighted by Crippen LogP contribution is 2.43. The monoisotopic (exact) mass is 544 g/mol. The molecule has 6 aromatic rings. The Morgan fingerprint density at radius 2 is 1.50 bits per heavy atom. The second-order valence-corrected chi connectivity index (χ2v) is 12.5. The van der Waals surface area contributed by atoms with E-state index in [2.05, 4.69) is 114 Å². The first-order valence-electron chi connectivity index (χ1n) is 17.1. The van der Waals surface area contributed by atoms with E-state index in [4.69, 9.17) is 5.48 Å². The lowest BCUT2D eigenvalue weighted by molar-refractivity contribution is 0.646. The minimum atomic E-state index is -0.180. The Balaban J connectivity index is 1.38. The van der Waals surface area contributed by atoms with Crippen LogP contribution in [0.15, 0.2) is 115 Å². The van der Waals surface area contributed by atoms with E-state index in [0.29, 0.717) is 10.9 Å². The van der Waals surface area contributed by atoms with Crippen molar-refractivity contribution in [1.29, 1.82) is 0 Å². The van der Waals surface area contributed by atoms with Crippen LogP contribution in [0.4, 0.5) is 17.1 Å². The first-order chi connectivity index (χ1) is 22.3. The van der Waals surface area contributed by atoms with Crippen LogP contribution in [-0.4, -0.2) is 11.3 Å². The second-order valence-electron chi connectivity index (χ2n) is 12.5. The molecule has 3 aliphatic rings. The quantitative estimate of drug-likeness (QED) is 0.205. The maximum absolute atomic E-state index is 9.04. The van der Waals surface area contributed by atoms with Gasteiger partial charge in [-0.2, -0.15) is 0 Å². The zero-order valence-electron chi connectivity index (χ0n) is 28.0. The summed E-state index contributed by atoms with van der Waals surface area (Å²) in [5.74, 6) is 0. The predicted molar refractivity (Wildman–Crippen MR) is 178 cm³/mol. The molecule has 202 valence electrons. The summed E-state index contributed by atoms with van der Waals surface area (Å²) in [5.41, 5.74) is 13.6. The third-order valence-corrected chi connectivity index (χ3v) is 9.97. The molecule has 0 spiro atoms. The zero-order chi connectivity index (χ0) is 31.5. The summed E-state index contributed by atoms with van der Waals surface area (Å²) >= 11 is 0. The van der Waals surface area contributed by atoms with Crippen LogP contribution in [0.5, 0.6) is 0 Å². The summed E-state index contributed by atoms with van der Waals surface area (Å²) in [7, 11) is 0. The lowest BCUT2D eigenvalue weighted by Gasteiger charge is -2.45. The Labute approximate surface area is 254 Å². The molecule has 0 fully saturated rings. The topological polar surface area (TPSA) is 8.17 Å². The number of rotatable bonds is 2. The van der Waals surface area contributed by atoms with Gasteiger partial charge in [-0.25, -0.2) is 0 Å². The fourth-order valence-electron chi connectivity index (χ4n) is 8.15. The van der Waals surface area contributed by atoms with Crippen LogP contribution < -0.4 is 21.3 Å². The molecule has 2 aliphatic heterocycles. The standard InChI is InChI=1S/C39H33BN2/c1-39(2)30-17-8-9-19-32(30)40-33-24-23-27(42-34-20-10-6-15-28(34)29-16-7-11-21-35(29)42)25-37(33)41(26-13-4-3-5-14-26)36-22-12-18-31(39)38(36)40/h3-6,8-10,12-15,17-20,22-25H,7,11,16,21H2,1-2H3/i6D,10D,15D,20D. The molecule has 0 bridgehead atoms. The smallest absolute Gasteiger partial charge is 0.247 e. The van der Waals surface area contributed by atoms with Crippen molar-refractivity contribution in [3.8, 4) is 5.69 Å². The fourth-order valence-corrected chi connectivity index (χ4v) is 8.15. The number of fused-ring (bicyclic) bond motifs is 7. The molecule has 0 saturated heterocycles. The Morgan fingerprint density at radius 1 is 0.714 bits per heavy atom. The Kier molecular flexibility index (Phi) is 4.25. The third kappa shape index (κ3) is 3.17. The highest BCUT2D eigenvalue weighted by atomic mass is 15.2. The van der Waals surface area contributed by atoms with Crippen LogP contribution in [0.1, 0.15) is 54.6 Å². The maximum atomic E-state index is 9.04. The van der Waals surface area contributed by atoms with Crippen LogP contribution in [0, 0.1) is 0 Å². The van der Waals surface area contributed by atoms with E-state index in [1.54, 1.807) is 0 Å². The number of nitrogens with zero attached hydrogens (tertiary/aromatic N) is 2. The van der Waals surface area contributed by atoms with E-state index in [1.165, 1.54) is 33.2 Å². The lowest BCUT2D eigenvalue weighted by atomic mass is 9.30. The minimum Gasteiger partial charge on any atom is -0.313 e. The van der Waals surface area contributed by atoms with Gasteiger partial charge < -0.3 is 9.47 Å². The molecule has 1 aliphatic carbocycles. The van der Waals surface area contributed by atoms with Crippen molar-refractivity contribution in [2.24, 2.45) is 0 Å². The Morgan fingerprint density at radius 3 is 2.40 bits per heavy atom. The van der Waals surface area contributed by atoms with Gasteiger partial charge in [-0.1, -0.05) is 98.1 Å². The number of aryl methyl sites for hydroxylation is 1. The summed E-state index contributed by atoms with van der Waals surface area (Å²) in [5, 5.41) is 0.678. The van der Waals surface area contributed by atoms with Crippen molar-refractivity contribution < 1.29 is 5.48 Å². The van der Waals surface area contributed by atoms with Crippen LogP contribution in [0.25, 0.3) is 16.6 Å². The molecule has 2 nitrogen and oxygen atoms in total. The van der Waals surface area contributed by atoms with Gasteiger partial charge in [-0.05, 0) is 89.7 Å². The van der Waals surface area contributed by atoms with E-state index in [-0.39, 0.29) is 36.3 Å². The van der Waals surface area contributed by atoms with E-state index >= 15 is 0 Å². The number of para-hydroxylation sites is 2. The van der Waals surface area contributed by atoms with Crippen LogP contribution >= 0.6 is 0 Å². The van der Waals surface area contributed by atoms with Gasteiger partial charge in [0.2, 0.25) is 6.71 Å². The van der Waals surface area contributed by atoms with Crippen molar-refractivity contribution >= 4 is 51.1 Å². The summed E-state index contributed by atoms with van der Waals surface area (Å²) in [4.78, 5) is 2.39. The molecule has 0 saturated carbocycles. The van der Waals surface area contributed by atoms with Gasteiger partial charge in [0.05, 0.1) is 11.0 Å². The average molecular weight is 545 g/mol. The molecule has 3 heterocycles. The van der Waals surface area contributed by atoms with E-state index in [0.717, 1.165) is 54.0 Å². The van der Waals surface area contributed by atoms with Gasteiger partial charge in [0.15, 0.2) is 0 Å². The number of benzene rings is 5. The van der Waals surface area contributed by atoms with Crippen molar-refractivity contribution in [1.82, 2.24) is 4.57 Å². The highest BCUT2D eigenvalue weighted by Gasteiger charge is 2.45. The van der Waals surface area contributed by atoms with Gasteiger partial charge >= 0.3 is 0 Å². The van der Waals surface area contributed by atoms with Crippen molar-refractivity contribution in [3.63, 3.8) is 0 Å². The van der Waals surface area contributed by atoms with Crippen LogP contribution in [0.3, 0.4) is 0 Å². The highest BCUT2D eigenvalue weighted by molar-refractivity contribution is 6.99. The molecule has 0 atom stereocenters. The first kappa shape index (κ1) is 20.4. The SMILES string of the molecule is [2H]c1c([2H])c([2H])c2c(c1[2H])c1c(n2-c2ccc3c(c2)N(c2ccccc2)c2cccc4c2B3c2ccccc2C4(C)C)CCCC1. The van der Waals surface area contributed by atoms with Gasteiger partial charge in [-0.15, -0.1) is 0 Å². The van der Waals surface area contributed by atoms with E-state index < -0.39 is 0 Å². The fraction of sp³-hybridized carbons (Fsp3) is 0.179. The molecule has 0 radical (unpaired) electrons. The van der Waals surface area contributed by atoms with E-state index in [1.807, 2.05) is 0 Å². The van der Waals surface area contributed by atoms with Gasteiger partial charge in [0.25, 0.3) is 0 Å². The van der Waals surface area contributed by atoms with Crippen LogP contribution in [0.2, 0.25) is 0 Å². The molecule has 0 amide bonds. The second kappa shape index (κ2) is 8.75. The first-order valence-corrected chi connectivity index (χ1v) is 15.1. The third-order valence-electron chi connectivity index (χ3n) is 9.97. The largest absolute Gasteiger partial charge is 0.313 e. The molecule has 3 heteroatoms. The molecular weight excluding hydrogens is 507 g/mol. The average Bonchev–Trinajstić information content (AvgIpc) is 3.43. The molecule has 9 rings (SSSR count). The van der Waals surface area contributed by atoms with Gasteiger partial charge in [0.1, 0.15) is 0 Å². The predicted octanol–water partition coefficient (Wildman–Crippen LogP) is 7.45. The normalized spacial score (nSPS) is 17.4. The number of aromatic nitrogens is 1. The van der Waals surface area contributed by atoms with E-state index in [9.17, 15) is 0 Å². The number of hydrogen-bond acceptors (Lipinski definition) is 1. The molecule has 1 aromatic heterocycles. The van der Waals surface area contributed by atoms with Gasteiger partial charge in [-0.3, -0.25) is 0 Å². The summed E-state index contributed by atoms with van der Waals surface area (Å²) < 4.78 is 37.1. The molecular formula is C39H33BN2. The Bertz CT molecular complexity index is 2260. The van der Waals surface area contributed by atoms with Crippen molar-refractivity contribution in [2.75, 3.05) is 4.90 Å². The number of anilines is 3. The van der Waals surface area contributed by atoms with Gasteiger partial charge in [0, 0.05) is 39.2 Å².